The molecule has 1 aliphatic heterocycles. The number of ether oxygens (including phenoxy) is 2. The third kappa shape index (κ3) is 4.37. The average molecular weight is 388 g/mol. The predicted molar refractivity (Wildman–Crippen MR) is 104 cm³/mol. The summed E-state index contributed by atoms with van der Waals surface area (Å²) in [6.45, 7) is 3.51. The van der Waals surface area contributed by atoms with Crippen LogP contribution < -0.4 is 4.74 Å². The normalized spacial score (nSPS) is 27.6. The Labute approximate surface area is 165 Å². The van der Waals surface area contributed by atoms with Crippen molar-refractivity contribution < 1.29 is 29.9 Å². The SMILES string of the molecule is CCc1ccc(Cc2cccc(C)c2O[C@@H]2O[C@H](CO)[C@@H](O)[C@H](O)[C@H]2O)cc1. The van der Waals surface area contributed by atoms with Crippen LogP contribution in [0.1, 0.15) is 29.2 Å². The first-order valence-corrected chi connectivity index (χ1v) is 9.58. The summed E-state index contributed by atoms with van der Waals surface area (Å²) >= 11 is 0. The van der Waals surface area contributed by atoms with Crippen LogP contribution in [-0.2, 0) is 17.6 Å². The van der Waals surface area contributed by atoms with Gasteiger partial charge in [0.15, 0.2) is 0 Å². The van der Waals surface area contributed by atoms with E-state index in [2.05, 4.69) is 31.2 Å². The first-order chi connectivity index (χ1) is 13.4. The van der Waals surface area contributed by atoms with Crippen molar-refractivity contribution in [3.63, 3.8) is 0 Å². The third-order valence-electron chi connectivity index (χ3n) is 5.20. The van der Waals surface area contributed by atoms with Gasteiger partial charge in [0.25, 0.3) is 0 Å². The minimum atomic E-state index is -1.47. The maximum absolute atomic E-state index is 10.3. The van der Waals surface area contributed by atoms with Gasteiger partial charge in [0.2, 0.25) is 6.29 Å². The fraction of sp³-hybridized carbons (Fsp3) is 0.455. The van der Waals surface area contributed by atoms with Gasteiger partial charge in [-0.1, -0.05) is 49.4 Å². The Hall–Kier alpha value is -1.96. The molecular weight excluding hydrogens is 360 g/mol. The van der Waals surface area contributed by atoms with Crippen LogP contribution in [0.25, 0.3) is 0 Å². The molecule has 0 spiro atoms. The summed E-state index contributed by atoms with van der Waals surface area (Å²) in [5.41, 5.74) is 4.17. The quantitative estimate of drug-likeness (QED) is 0.596. The molecule has 2 aromatic carbocycles. The Kier molecular flexibility index (Phi) is 6.69. The van der Waals surface area contributed by atoms with Crippen LogP contribution in [0.15, 0.2) is 42.5 Å². The van der Waals surface area contributed by atoms with Gasteiger partial charge in [-0.3, -0.25) is 0 Å². The molecule has 1 aliphatic rings. The van der Waals surface area contributed by atoms with Gasteiger partial charge in [0.05, 0.1) is 6.61 Å². The molecule has 4 N–H and O–H groups in total. The molecule has 6 nitrogen and oxygen atoms in total. The number of rotatable bonds is 6. The summed E-state index contributed by atoms with van der Waals surface area (Å²) in [6.07, 6.45) is -4.89. The summed E-state index contributed by atoms with van der Waals surface area (Å²) in [7, 11) is 0. The molecule has 0 bridgehead atoms. The van der Waals surface area contributed by atoms with Gasteiger partial charge in [-0.15, -0.1) is 0 Å². The molecule has 0 amide bonds. The number of aliphatic hydroxyl groups excluding tert-OH is 4. The number of hydrogen-bond donors (Lipinski definition) is 4. The smallest absolute Gasteiger partial charge is 0.229 e. The molecular formula is C22H28O6. The fourth-order valence-electron chi connectivity index (χ4n) is 3.41. The first kappa shape index (κ1) is 20.8. The lowest BCUT2D eigenvalue weighted by Gasteiger charge is -2.40. The Bertz CT molecular complexity index is 773. The molecule has 0 aliphatic carbocycles. The van der Waals surface area contributed by atoms with Crippen molar-refractivity contribution in [2.75, 3.05) is 6.61 Å². The Morgan fingerprint density at radius 1 is 0.929 bits per heavy atom. The summed E-state index contributed by atoms with van der Waals surface area (Å²) in [4.78, 5) is 0. The highest BCUT2D eigenvalue weighted by molar-refractivity contribution is 5.43. The van der Waals surface area contributed by atoms with Crippen LogP contribution in [0.5, 0.6) is 5.75 Å². The second-order valence-corrected chi connectivity index (χ2v) is 7.23. The zero-order valence-corrected chi connectivity index (χ0v) is 16.2. The highest BCUT2D eigenvalue weighted by atomic mass is 16.7. The van der Waals surface area contributed by atoms with E-state index in [1.165, 1.54) is 5.56 Å². The topological polar surface area (TPSA) is 99.4 Å². The van der Waals surface area contributed by atoms with Gasteiger partial charge in [0.1, 0.15) is 30.2 Å². The van der Waals surface area contributed by atoms with Gasteiger partial charge < -0.3 is 29.9 Å². The molecule has 0 radical (unpaired) electrons. The van der Waals surface area contributed by atoms with Crippen molar-refractivity contribution in [2.24, 2.45) is 0 Å². The van der Waals surface area contributed by atoms with E-state index >= 15 is 0 Å². The zero-order chi connectivity index (χ0) is 20.3. The van der Waals surface area contributed by atoms with E-state index < -0.39 is 37.3 Å². The van der Waals surface area contributed by atoms with E-state index in [0.717, 1.165) is 23.1 Å². The number of hydrogen-bond acceptors (Lipinski definition) is 6. The van der Waals surface area contributed by atoms with Crippen LogP contribution in [-0.4, -0.2) is 57.7 Å². The molecule has 1 heterocycles. The van der Waals surface area contributed by atoms with Crippen LogP contribution in [0, 0.1) is 6.92 Å². The molecule has 1 fully saturated rings. The molecule has 152 valence electrons. The zero-order valence-electron chi connectivity index (χ0n) is 16.2. The highest BCUT2D eigenvalue weighted by Crippen LogP contribution is 2.30. The lowest BCUT2D eigenvalue weighted by Crippen LogP contribution is -2.60. The Morgan fingerprint density at radius 3 is 2.25 bits per heavy atom. The largest absolute Gasteiger partial charge is 0.461 e. The van der Waals surface area contributed by atoms with Crippen LogP contribution >= 0.6 is 0 Å². The third-order valence-corrected chi connectivity index (χ3v) is 5.20. The molecule has 0 saturated carbocycles. The Balaban J connectivity index is 1.83. The van der Waals surface area contributed by atoms with Gasteiger partial charge in [-0.2, -0.15) is 0 Å². The fourth-order valence-corrected chi connectivity index (χ4v) is 3.41. The molecule has 0 unspecified atom stereocenters. The van der Waals surface area contributed by atoms with Crippen molar-refractivity contribution in [1.82, 2.24) is 0 Å². The van der Waals surface area contributed by atoms with Crippen LogP contribution in [0.2, 0.25) is 0 Å². The summed E-state index contributed by atoms with van der Waals surface area (Å²) in [6, 6.07) is 14.1. The van der Waals surface area contributed by atoms with E-state index in [4.69, 9.17) is 9.47 Å². The van der Waals surface area contributed by atoms with E-state index in [9.17, 15) is 20.4 Å². The predicted octanol–water partition coefficient (Wildman–Crippen LogP) is 1.33. The second-order valence-electron chi connectivity index (χ2n) is 7.23. The summed E-state index contributed by atoms with van der Waals surface area (Å²) < 4.78 is 11.4. The first-order valence-electron chi connectivity index (χ1n) is 9.58. The van der Waals surface area contributed by atoms with Crippen molar-refractivity contribution in [2.45, 2.75) is 57.4 Å². The van der Waals surface area contributed by atoms with Crippen molar-refractivity contribution in [3.8, 4) is 5.75 Å². The van der Waals surface area contributed by atoms with Crippen molar-refractivity contribution >= 4 is 0 Å². The van der Waals surface area contributed by atoms with Gasteiger partial charge in [0, 0.05) is 6.42 Å². The standard InChI is InChI=1S/C22H28O6/c1-3-14-7-9-15(10-8-14)11-16-6-4-5-13(2)21(16)28-22-20(26)19(25)18(24)17(12-23)27-22/h4-10,17-20,22-26H,3,11-12H2,1-2H3/t17-,18-,19+,20-,22+/m1/s1. The minimum Gasteiger partial charge on any atom is -0.461 e. The second kappa shape index (κ2) is 9.03. The molecule has 28 heavy (non-hydrogen) atoms. The van der Waals surface area contributed by atoms with E-state index in [1.807, 2.05) is 25.1 Å². The summed E-state index contributed by atoms with van der Waals surface area (Å²) in [5.74, 6) is 0.561. The molecule has 6 heteroatoms. The van der Waals surface area contributed by atoms with Crippen molar-refractivity contribution in [1.29, 1.82) is 0 Å². The van der Waals surface area contributed by atoms with Gasteiger partial charge >= 0.3 is 0 Å². The van der Waals surface area contributed by atoms with Crippen LogP contribution in [0.3, 0.4) is 0 Å². The van der Waals surface area contributed by atoms with E-state index in [-0.39, 0.29) is 0 Å². The van der Waals surface area contributed by atoms with E-state index in [0.29, 0.717) is 12.2 Å². The van der Waals surface area contributed by atoms with E-state index in [1.54, 1.807) is 0 Å². The molecule has 2 aromatic rings. The number of aliphatic hydroxyl groups is 4. The number of para-hydroxylation sites is 1. The lowest BCUT2D eigenvalue weighted by atomic mass is 9.98. The average Bonchev–Trinajstić information content (AvgIpc) is 2.71. The van der Waals surface area contributed by atoms with Crippen LogP contribution in [0.4, 0.5) is 0 Å². The maximum Gasteiger partial charge on any atom is 0.229 e. The molecule has 5 atom stereocenters. The van der Waals surface area contributed by atoms with Crippen molar-refractivity contribution in [3.05, 3.63) is 64.7 Å². The maximum atomic E-state index is 10.3. The Morgan fingerprint density at radius 2 is 1.61 bits per heavy atom. The molecule has 1 saturated heterocycles. The lowest BCUT2D eigenvalue weighted by molar-refractivity contribution is -0.277. The molecule has 3 rings (SSSR count). The molecule has 0 aromatic heterocycles. The van der Waals surface area contributed by atoms with Gasteiger partial charge in [-0.05, 0) is 35.6 Å². The summed E-state index contributed by atoms with van der Waals surface area (Å²) in [5, 5.41) is 39.6. The highest BCUT2D eigenvalue weighted by Gasteiger charge is 2.44. The number of aryl methyl sites for hydroxylation is 2. The monoisotopic (exact) mass is 388 g/mol. The number of benzene rings is 2. The van der Waals surface area contributed by atoms with Gasteiger partial charge in [-0.25, -0.2) is 0 Å². The minimum absolute atomic E-state index is 0.491.